The second-order valence-electron chi connectivity index (χ2n) is 4.62. The number of rotatable bonds is 4. The predicted molar refractivity (Wildman–Crippen MR) is 72.7 cm³/mol. The summed E-state index contributed by atoms with van der Waals surface area (Å²) in [7, 11) is 0. The quantitative estimate of drug-likeness (QED) is 0.803. The Morgan fingerprint density at radius 1 is 1.37 bits per heavy atom. The summed E-state index contributed by atoms with van der Waals surface area (Å²) in [6.07, 6.45) is -0.213. The Morgan fingerprint density at radius 3 is 2.68 bits per heavy atom. The van der Waals surface area contributed by atoms with Gasteiger partial charge in [-0.3, -0.25) is 0 Å². The van der Waals surface area contributed by atoms with Crippen LogP contribution in [-0.4, -0.2) is 31.3 Å². The second kappa shape index (κ2) is 5.29. The van der Waals surface area contributed by atoms with Gasteiger partial charge in [0.05, 0.1) is 34.9 Å². The molecule has 2 aliphatic rings. The minimum atomic E-state index is -0.411. The predicted octanol–water partition coefficient (Wildman–Crippen LogP) is 3.11. The first kappa shape index (κ1) is 13.2. The van der Waals surface area contributed by atoms with E-state index in [1.807, 2.05) is 6.92 Å². The van der Waals surface area contributed by atoms with Crippen LogP contribution in [0, 0.1) is 5.92 Å². The number of benzene rings is 1. The number of nitrogens with zero attached hydrogens (tertiary/aromatic N) is 1. The maximum absolute atomic E-state index is 6.18. The van der Waals surface area contributed by atoms with Gasteiger partial charge >= 0.3 is 0 Å². The Labute approximate surface area is 121 Å². The third-order valence-corrected chi connectivity index (χ3v) is 3.79. The highest BCUT2D eigenvalue weighted by Crippen LogP contribution is 2.32. The molecule has 0 aliphatic carbocycles. The summed E-state index contributed by atoms with van der Waals surface area (Å²) in [4.78, 5) is 5.31. The summed E-state index contributed by atoms with van der Waals surface area (Å²) >= 11 is 12.4. The minimum absolute atomic E-state index is 0.0313. The molecule has 0 radical (unpaired) electrons. The van der Waals surface area contributed by atoms with E-state index in [9.17, 15) is 0 Å². The van der Waals surface area contributed by atoms with Gasteiger partial charge in [0, 0.05) is 5.56 Å². The summed E-state index contributed by atoms with van der Waals surface area (Å²) in [5, 5.41) is 5.20. The van der Waals surface area contributed by atoms with Gasteiger partial charge in [0.25, 0.3) is 0 Å². The van der Waals surface area contributed by atoms with Crippen molar-refractivity contribution in [2.24, 2.45) is 11.1 Å². The second-order valence-corrected chi connectivity index (χ2v) is 5.44. The fraction of sp³-hybridized carbons (Fsp3) is 0.462. The van der Waals surface area contributed by atoms with Crippen LogP contribution in [0.1, 0.15) is 12.5 Å². The molecule has 0 bridgehead atoms. The zero-order valence-electron chi connectivity index (χ0n) is 10.3. The lowest BCUT2D eigenvalue weighted by Gasteiger charge is -2.15. The van der Waals surface area contributed by atoms with E-state index < -0.39 is 6.29 Å². The van der Waals surface area contributed by atoms with Crippen molar-refractivity contribution in [1.29, 1.82) is 0 Å². The monoisotopic (exact) mass is 301 g/mol. The highest BCUT2D eigenvalue weighted by Gasteiger charge is 2.35. The van der Waals surface area contributed by atoms with Gasteiger partial charge in [-0.1, -0.05) is 41.3 Å². The third kappa shape index (κ3) is 2.72. The molecule has 6 heteroatoms. The summed E-state index contributed by atoms with van der Waals surface area (Å²) in [5.74, 6) is -0.0313. The highest BCUT2D eigenvalue weighted by atomic mass is 35.5. The van der Waals surface area contributed by atoms with Crippen molar-refractivity contribution in [2.75, 3.05) is 13.2 Å². The number of halogens is 2. The van der Waals surface area contributed by atoms with Crippen molar-refractivity contribution in [1.82, 2.24) is 0 Å². The van der Waals surface area contributed by atoms with Gasteiger partial charge < -0.3 is 14.3 Å². The first-order valence-corrected chi connectivity index (χ1v) is 6.83. The largest absolute Gasteiger partial charge is 0.371 e. The lowest BCUT2D eigenvalue weighted by molar-refractivity contribution is -0.144. The SMILES string of the molecule is CC1C(c2c(Cl)cccc2Cl)=NOC1OCC1CO1. The van der Waals surface area contributed by atoms with Crippen molar-refractivity contribution in [3.63, 3.8) is 0 Å². The fourth-order valence-electron chi connectivity index (χ4n) is 1.97. The van der Waals surface area contributed by atoms with Crippen LogP contribution in [0.25, 0.3) is 0 Å². The molecule has 0 aromatic heterocycles. The van der Waals surface area contributed by atoms with E-state index in [-0.39, 0.29) is 12.0 Å². The van der Waals surface area contributed by atoms with Crippen LogP contribution in [0.5, 0.6) is 0 Å². The van der Waals surface area contributed by atoms with Crippen molar-refractivity contribution in [3.8, 4) is 0 Å². The average molecular weight is 302 g/mol. The van der Waals surface area contributed by atoms with Crippen molar-refractivity contribution in [3.05, 3.63) is 33.8 Å². The highest BCUT2D eigenvalue weighted by molar-refractivity contribution is 6.40. The standard InChI is InChI=1S/C13H13Cl2NO3/c1-7-12(11-9(14)3-2-4-10(11)15)16-19-13(7)18-6-8-5-17-8/h2-4,7-8,13H,5-6H2,1H3. The molecule has 0 saturated carbocycles. The van der Waals surface area contributed by atoms with E-state index in [2.05, 4.69) is 5.16 Å². The van der Waals surface area contributed by atoms with E-state index in [0.717, 1.165) is 12.3 Å². The molecule has 1 saturated heterocycles. The Hall–Kier alpha value is -0.810. The molecule has 3 atom stereocenters. The van der Waals surface area contributed by atoms with E-state index in [1.54, 1.807) is 18.2 Å². The number of hydrogen-bond acceptors (Lipinski definition) is 4. The summed E-state index contributed by atoms with van der Waals surface area (Å²) in [6.45, 7) is 3.25. The first-order valence-electron chi connectivity index (χ1n) is 6.08. The number of oxime groups is 1. The lowest BCUT2D eigenvalue weighted by Crippen LogP contribution is -2.25. The minimum Gasteiger partial charge on any atom is -0.371 e. The van der Waals surface area contributed by atoms with Crippen LogP contribution in [0.3, 0.4) is 0 Å². The molecule has 0 spiro atoms. The maximum atomic E-state index is 6.18. The molecule has 0 N–H and O–H groups in total. The number of hydrogen-bond donors (Lipinski definition) is 0. The topological polar surface area (TPSA) is 43.4 Å². The summed E-state index contributed by atoms with van der Waals surface area (Å²) in [5.41, 5.74) is 1.43. The zero-order valence-corrected chi connectivity index (χ0v) is 11.8. The molecule has 1 fully saturated rings. The van der Waals surface area contributed by atoms with Gasteiger partial charge in [0.1, 0.15) is 6.10 Å². The Balaban J connectivity index is 1.74. The van der Waals surface area contributed by atoms with Crippen molar-refractivity contribution >= 4 is 28.9 Å². The van der Waals surface area contributed by atoms with E-state index >= 15 is 0 Å². The van der Waals surface area contributed by atoms with Crippen LogP contribution in [0.4, 0.5) is 0 Å². The lowest BCUT2D eigenvalue weighted by atomic mass is 9.98. The van der Waals surface area contributed by atoms with Crippen molar-refractivity contribution < 1.29 is 14.3 Å². The van der Waals surface area contributed by atoms with Gasteiger partial charge in [-0.25, -0.2) is 0 Å². The van der Waals surface area contributed by atoms with Gasteiger partial charge in [-0.2, -0.15) is 0 Å². The smallest absolute Gasteiger partial charge is 0.235 e. The fourth-order valence-corrected chi connectivity index (χ4v) is 2.56. The first-order chi connectivity index (χ1) is 9.16. The zero-order chi connectivity index (χ0) is 13.4. The van der Waals surface area contributed by atoms with Gasteiger partial charge in [0.15, 0.2) is 0 Å². The summed E-state index contributed by atoms with van der Waals surface area (Å²) < 4.78 is 10.7. The molecule has 3 rings (SSSR count). The molecule has 102 valence electrons. The van der Waals surface area contributed by atoms with Crippen molar-refractivity contribution in [2.45, 2.75) is 19.3 Å². The molecule has 4 nitrogen and oxygen atoms in total. The van der Waals surface area contributed by atoms with Crippen LogP contribution in [0.15, 0.2) is 23.4 Å². The summed E-state index contributed by atoms with van der Waals surface area (Å²) in [6, 6.07) is 5.36. The van der Waals surface area contributed by atoms with E-state index in [1.165, 1.54) is 0 Å². The van der Waals surface area contributed by atoms with Gasteiger partial charge in [-0.15, -0.1) is 0 Å². The van der Waals surface area contributed by atoms with Crippen LogP contribution >= 0.6 is 23.2 Å². The normalized spacial score (nSPS) is 29.0. The van der Waals surface area contributed by atoms with E-state index in [0.29, 0.717) is 22.2 Å². The Bertz CT molecular complexity index is 496. The maximum Gasteiger partial charge on any atom is 0.235 e. The van der Waals surface area contributed by atoms with Crippen LogP contribution in [0.2, 0.25) is 10.0 Å². The molecule has 19 heavy (non-hydrogen) atoms. The Morgan fingerprint density at radius 2 is 2.05 bits per heavy atom. The van der Waals surface area contributed by atoms with Crippen LogP contribution < -0.4 is 0 Å². The van der Waals surface area contributed by atoms with Gasteiger partial charge in [0.2, 0.25) is 6.29 Å². The average Bonchev–Trinajstić information content (AvgIpc) is 3.13. The number of ether oxygens (including phenoxy) is 2. The molecule has 0 amide bonds. The third-order valence-electron chi connectivity index (χ3n) is 3.16. The molecule has 1 aromatic rings. The molecule has 2 aliphatic heterocycles. The molecule has 3 unspecified atom stereocenters. The molecular weight excluding hydrogens is 289 g/mol. The molecule has 1 aromatic carbocycles. The molecular formula is C13H13Cl2NO3. The van der Waals surface area contributed by atoms with Crippen LogP contribution in [-0.2, 0) is 14.3 Å². The number of epoxide rings is 1. The molecule has 2 heterocycles. The van der Waals surface area contributed by atoms with E-state index in [4.69, 9.17) is 37.5 Å². The van der Waals surface area contributed by atoms with Gasteiger partial charge in [-0.05, 0) is 12.1 Å². The Kier molecular flexibility index (Phi) is 3.67.